The van der Waals surface area contributed by atoms with E-state index in [9.17, 15) is 21.6 Å². The lowest BCUT2D eigenvalue weighted by Crippen LogP contribution is -2.49. The van der Waals surface area contributed by atoms with Crippen LogP contribution in [0.1, 0.15) is 45.4 Å². The van der Waals surface area contributed by atoms with Crippen molar-refractivity contribution in [2.45, 2.75) is 74.1 Å². The zero-order chi connectivity index (χ0) is 26.9. The van der Waals surface area contributed by atoms with Crippen LogP contribution in [0.5, 0.6) is 0 Å². The molecule has 1 aromatic heterocycles. The van der Waals surface area contributed by atoms with Gasteiger partial charge in [0.05, 0.1) is 46.4 Å². The Kier molecular flexibility index (Phi) is 8.39. The van der Waals surface area contributed by atoms with E-state index in [0.29, 0.717) is 49.9 Å². The maximum absolute atomic E-state index is 13.6. The number of hydrogen-bond donors (Lipinski definition) is 0. The molecule has 0 radical (unpaired) electrons. The minimum Gasteiger partial charge on any atom is -0.379 e. The third-order valence-corrected chi connectivity index (χ3v) is 12.4. The predicted molar refractivity (Wildman–Crippen MR) is 146 cm³/mol. The Balaban J connectivity index is 1.36. The molecule has 2 aliphatic heterocycles. The molecule has 5 rings (SSSR count). The molecule has 3 heterocycles. The van der Waals surface area contributed by atoms with Gasteiger partial charge in [-0.15, -0.1) is 0 Å². The monoisotopic (exact) mass is 584 g/mol. The van der Waals surface area contributed by atoms with E-state index in [1.807, 2.05) is 16.4 Å². The Hall–Kier alpha value is -1.67. The molecule has 10 nitrogen and oxygen atoms in total. The highest BCUT2D eigenvalue weighted by molar-refractivity contribution is 7.99. The molecule has 2 aromatic rings. The topological polar surface area (TPSA) is 119 Å². The Morgan fingerprint density at radius 1 is 1.13 bits per heavy atom. The normalized spacial score (nSPS) is 23.1. The number of sulfone groups is 1. The molecule has 0 spiro atoms. The van der Waals surface area contributed by atoms with Crippen LogP contribution in [0.15, 0.2) is 28.3 Å². The van der Waals surface area contributed by atoms with Gasteiger partial charge in [0, 0.05) is 31.7 Å². The highest BCUT2D eigenvalue weighted by Gasteiger charge is 2.38. The number of carbonyl (C=O) groups excluding carboxylic acids is 1. The fourth-order valence-corrected chi connectivity index (χ4v) is 9.95. The quantitative estimate of drug-likeness (QED) is 0.435. The van der Waals surface area contributed by atoms with Gasteiger partial charge in [0.2, 0.25) is 15.9 Å². The molecule has 0 N–H and O–H groups in total. The van der Waals surface area contributed by atoms with E-state index in [0.717, 1.165) is 37.6 Å². The van der Waals surface area contributed by atoms with Crippen LogP contribution in [0.3, 0.4) is 0 Å². The summed E-state index contributed by atoms with van der Waals surface area (Å²) in [6, 6.07) is 4.84. The van der Waals surface area contributed by atoms with E-state index in [1.165, 1.54) is 16.1 Å². The molecule has 2 saturated heterocycles. The number of rotatable bonds is 8. The SMILES string of the molecule is CCn1c(SCC(=O)N(C2CCCCC2)C2CCS(=O)(=O)C2)nc2cc(S(=O)(=O)N3CCOCC3)ccc21. The number of aromatic nitrogens is 2. The average Bonchev–Trinajstić information content (AvgIpc) is 3.46. The van der Waals surface area contributed by atoms with E-state index >= 15 is 0 Å². The highest BCUT2D eigenvalue weighted by atomic mass is 32.2. The minimum atomic E-state index is -3.64. The summed E-state index contributed by atoms with van der Waals surface area (Å²) >= 11 is 1.33. The minimum absolute atomic E-state index is 0.0470. The first-order valence-electron chi connectivity index (χ1n) is 13.4. The summed E-state index contributed by atoms with van der Waals surface area (Å²) < 4.78 is 59.4. The number of amides is 1. The number of hydrogen-bond acceptors (Lipinski definition) is 8. The molecule has 0 bridgehead atoms. The molecule has 1 atom stereocenters. The van der Waals surface area contributed by atoms with Crippen LogP contribution >= 0.6 is 11.8 Å². The Morgan fingerprint density at radius 2 is 1.87 bits per heavy atom. The van der Waals surface area contributed by atoms with Crippen molar-refractivity contribution in [1.82, 2.24) is 18.8 Å². The van der Waals surface area contributed by atoms with Gasteiger partial charge in [-0.3, -0.25) is 4.79 Å². The lowest BCUT2D eigenvalue weighted by atomic mass is 9.93. The number of imidazole rings is 1. The Labute approximate surface area is 229 Å². The van der Waals surface area contributed by atoms with E-state index in [2.05, 4.69) is 0 Å². The van der Waals surface area contributed by atoms with Crippen molar-refractivity contribution in [2.75, 3.05) is 43.6 Å². The smallest absolute Gasteiger partial charge is 0.243 e. The van der Waals surface area contributed by atoms with E-state index in [4.69, 9.17) is 9.72 Å². The lowest BCUT2D eigenvalue weighted by Gasteiger charge is -2.38. The van der Waals surface area contributed by atoms with Gasteiger partial charge in [-0.2, -0.15) is 4.31 Å². The van der Waals surface area contributed by atoms with Crippen LogP contribution in [0.25, 0.3) is 11.0 Å². The number of ether oxygens (including phenoxy) is 1. The fourth-order valence-electron chi connectivity index (χ4n) is 5.86. The molecule has 1 aromatic carbocycles. The first-order valence-corrected chi connectivity index (χ1v) is 17.7. The predicted octanol–water partition coefficient (Wildman–Crippen LogP) is 2.52. The zero-order valence-corrected chi connectivity index (χ0v) is 24.2. The van der Waals surface area contributed by atoms with Crippen LogP contribution in [-0.2, 0) is 35.9 Å². The van der Waals surface area contributed by atoms with Crippen LogP contribution in [0.2, 0.25) is 0 Å². The Morgan fingerprint density at radius 3 is 2.53 bits per heavy atom. The number of nitrogens with zero attached hydrogens (tertiary/aromatic N) is 4. The zero-order valence-electron chi connectivity index (χ0n) is 21.7. The van der Waals surface area contributed by atoms with Gasteiger partial charge in [-0.1, -0.05) is 31.0 Å². The van der Waals surface area contributed by atoms with Crippen molar-refractivity contribution in [3.63, 3.8) is 0 Å². The largest absolute Gasteiger partial charge is 0.379 e. The van der Waals surface area contributed by atoms with Crippen LogP contribution < -0.4 is 0 Å². The molecule has 1 saturated carbocycles. The summed E-state index contributed by atoms with van der Waals surface area (Å²) in [5.74, 6) is 0.306. The molecule has 1 aliphatic carbocycles. The number of morpholine rings is 1. The summed E-state index contributed by atoms with van der Waals surface area (Å²) in [5, 5.41) is 0.652. The summed E-state index contributed by atoms with van der Waals surface area (Å²) in [5.41, 5.74) is 1.39. The van der Waals surface area contributed by atoms with Gasteiger partial charge in [-0.25, -0.2) is 21.8 Å². The van der Waals surface area contributed by atoms with Gasteiger partial charge < -0.3 is 14.2 Å². The van der Waals surface area contributed by atoms with Gasteiger partial charge in [0.1, 0.15) is 0 Å². The first kappa shape index (κ1) is 27.9. The van der Waals surface area contributed by atoms with Crippen molar-refractivity contribution in [2.24, 2.45) is 0 Å². The van der Waals surface area contributed by atoms with Crippen molar-refractivity contribution in [1.29, 1.82) is 0 Å². The summed E-state index contributed by atoms with van der Waals surface area (Å²) in [6.07, 6.45) is 5.61. The fraction of sp³-hybridized carbons (Fsp3) is 0.680. The van der Waals surface area contributed by atoms with E-state index < -0.39 is 19.9 Å². The second-order valence-corrected chi connectivity index (χ2v) is 15.4. The number of benzene rings is 1. The number of fused-ring (bicyclic) bond motifs is 1. The molecule has 3 aliphatic rings. The molecule has 1 unspecified atom stereocenters. The number of aryl methyl sites for hydroxylation is 1. The standard InChI is InChI=1S/C25H36N4O6S3/c1-2-28-23-9-8-21(38(33,34)27-11-13-35-14-12-27)16-22(23)26-25(28)36-17-24(30)29(19-6-4-3-5-7-19)20-10-15-37(31,32)18-20/h8-9,16,19-20H,2-7,10-15,17-18H2,1H3. The highest BCUT2D eigenvalue weighted by Crippen LogP contribution is 2.31. The molecule has 13 heteroatoms. The second-order valence-electron chi connectivity index (χ2n) is 10.2. The van der Waals surface area contributed by atoms with Gasteiger partial charge in [0.25, 0.3) is 0 Å². The van der Waals surface area contributed by atoms with Crippen LogP contribution in [0, 0.1) is 0 Å². The number of thioether (sulfide) groups is 1. The van der Waals surface area contributed by atoms with Gasteiger partial charge in [-0.05, 0) is 44.4 Å². The van der Waals surface area contributed by atoms with Crippen molar-refractivity contribution >= 4 is 48.6 Å². The van der Waals surface area contributed by atoms with E-state index in [1.54, 1.807) is 18.2 Å². The van der Waals surface area contributed by atoms with Crippen molar-refractivity contribution in [3.8, 4) is 0 Å². The molecule has 1 amide bonds. The summed E-state index contributed by atoms with van der Waals surface area (Å²) in [6.45, 7) is 4.02. The van der Waals surface area contributed by atoms with E-state index in [-0.39, 0.29) is 40.1 Å². The van der Waals surface area contributed by atoms with Gasteiger partial charge in [0.15, 0.2) is 15.0 Å². The van der Waals surface area contributed by atoms with Crippen molar-refractivity contribution in [3.05, 3.63) is 18.2 Å². The maximum atomic E-state index is 13.6. The second kappa shape index (κ2) is 11.4. The molecular formula is C25H36N4O6S3. The molecule has 210 valence electrons. The Bertz CT molecular complexity index is 1380. The van der Waals surface area contributed by atoms with Crippen molar-refractivity contribution < 1.29 is 26.4 Å². The van der Waals surface area contributed by atoms with Crippen LogP contribution in [-0.4, -0.2) is 97.1 Å². The molecule has 38 heavy (non-hydrogen) atoms. The molecular weight excluding hydrogens is 548 g/mol. The third kappa shape index (κ3) is 5.77. The number of sulfonamides is 1. The lowest BCUT2D eigenvalue weighted by molar-refractivity contribution is -0.133. The summed E-state index contributed by atoms with van der Waals surface area (Å²) in [4.78, 5) is 20.4. The number of carbonyl (C=O) groups is 1. The van der Waals surface area contributed by atoms with Crippen LogP contribution in [0.4, 0.5) is 0 Å². The first-order chi connectivity index (χ1) is 18.2. The average molecular weight is 585 g/mol. The third-order valence-electron chi connectivity index (χ3n) is 7.79. The molecule has 3 fully saturated rings. The van der Waals surface area contributed by atoms with Gasteiger partial charge >= 0.3 is 0 Å². The maximum Gasteiger partial charge on any atom is 0.243 e. The summed E-state index contributed by atoms with van der Waals surface area (Å²) in [7, 11) is -6.75.